The van der Waals surface area contributed by atoms with Gasteiger partial charge in [-0.05, 0) is 31.6 Å². The summed E-state index contributed by atoms with van der Waals surface area (Å²) in [6.07, 6.45) is 13.7. The Balaban J connectivity index is 1.99. The SMILES string of the molecule is CC[C@@H]1CCC[C@]2(CCC=CCO2)C1. The molecule has 0 aromatic carbocycles. The van der Waals surface area contributed by atoms with Crippen LogP contribution in [0.25, 0.3) is 0 Å². The summed E-state index contributed by atoms with van der Waals surface area (Å²) in [6.45, 7) is 3.16. The van der Waals surface area contributed by atoms with Gasteiger partial charge in [0.1, 0.15) is 0 Å². The Hall–Kier alpha value is -0.300. The fourth-order valence-corrected chi connectivity index (χ4v) is 2.98. The third-order valence-corrected chi connectivity index (χ3v) is 3.90. The van der Waals surface area contributed by atoms with Crippen LogP contribution in [0.2, 0.25) is 0 Å². The van der Waals surface area contributed by atoms with Crippen LogP contribution in [0.5, 0.6) is 0 Å². The second-order valence-corrected chi connectivity index (χ2v) is 4.87. The Morgan fingerprint density at radius 3 is 3.14 bits per heavy atom. The Bertz CT molecular complexity index is 197. The molecule has 1 heteroatoms. The molecule has 1 aliphatic carbocycles. The maximum atomic E-state index is 6.08. The van der Waals surface area contributed by atoms with E-state index < -0.39 is 0 Å². The molecule has 0 N–H and O–H groups in total. The zero-order chi connectivity index (χ0) is 9.86. The van der Waals surface area contributed by atoms with Gasteiger partial charge in [-0.2, -0.15) is 0 Å². The molecule has 1 aliphatic heterocycles. The predicted molar refractivity (Wildman–Crippen MR) is 59.3 cm³/mol. The maximum absolute atomic E-state index is 6.08. The van der Waals surface area contributed by atoms with E-state index in [1.165, 1.54) is 44.9 Å². The molecule has 1 fully saturated rings. The number of hydrogen-bond donors (Lipinski definition) is 0. The lowest BCUT2D eigenvalue weighted by molar-refractivity contribution is -0.0739. The van der Waals surface area contributed by atoms with Crippen molar-refractivity contribution in [3.63, 3.8) is 0 Å². The highest BCUT2D eigenvalue weighted by Crippen LogP contribution is 2.40. The topological polar surface area (TPSA) is 9.23 Å². The van der Waals surface area contributed by atoms with Gasteiger partial charge in [0, 0.05) is 0 Å². The molecule has 1 nitrogen and oxygen atoms in total. The van der Waals surface area contributed by atoms with E-state index in [0.717, 1.165) is 12.5 Å². The molecule has 0 bridgehead atoms. The highest BCUT2D eigenvalue weighted by molar-refractivity contribution is 4.95. The molecule has 0 amide bonds. The highest BCUT2D eigenvalue weighted by atomic mass is 16.5. The van der Waals surface area contributed by atoms with Crippen molar-refractivity contribution < 1.29 is 4.74 Å². The minimum Gasteiger partial charge on any atom is -0.371 e. The molecular formula is C13H22O. The van der Waals surface area contributed by atoms with Crippen molar-refractivity contribution >= 4 is 0 Å². The molecule has 1 saturated carbocycles. The monoisotopic (exact) mass is 194 g/mol. The third-order valence-electron chi connectivity index (χ3n) is 3.90. The molecule has 1 heterocycles. The van der Waals surface area contributed by atoms with Crippen molar-refractivity contribution in [2.45, 2.75) is 57.5 Å². The summed E-state index contributed by atoms with van der Waals surface area (Å²) >= 11 is 0. The van der Waals surface area contributed by atoms with Gasteiger partial charge in [-0.15, -0.1) is 0 Å². The average Bonchev–Trinajstić information content (AvgIpc) is 2.44. The summed E-state index contributed by atoms with van der Waals surface area (Å²) in [4.78, 5) is 0. The summed E-state index contributed by atoms with van der Waals surface area (Å²) in [5.74, 6) is 0.918. The molecular weight excluding hydrogens is 172 g/mol. The molecule has 0 saturated heterocycles. The zero-order valence-electron chi connectivity index (χ0n) is 9.30. The lowest BCUT2D eigenvalue weighted by atomic mass is 9.75. The van der Waals surface area contributed by atoms with Crippen molar-refractivity contribution in [2.75, 3.05) is 6.61 Å². The van der Waals surface area contributed by atoms with Gasteiger partial charge in [-0.3, -0.25) is 0 Å². The number of allylic oxidation sites excluding steroid dienone is 1. The van der Waals surface area contributed by atoms with Crippen LogP contribution < -0.4 is 0 Å². The van der Waals surface area contributed by atoms with E-state index in [9.17, 15) is 0 Å². The van der Waals surface area contributed by atoms with Gasteiger partial charge >= 0.3 is 0 Å². The molecule has 0 aromatic heterocycles. The van der Waals surface area contributed by atoms with Crippen molar-refractivity contribution in [1.82, 2.24) is 0 Å². The molecule has 2 aliphatic rings. The van der Waals surface area contributed by atoms with E-state index in [0.29, 0.717) is 0 Å². The van der Waals surface area contributed by atoms with E-state index in [1.807, 2.05) is 0 Å². The molecule has 14 heavy (non-hydrogen) atoms. The minimum atomic E-state index is 0.252. The number of ether oxygens (including phenoxy) is 1. The molecule has 0 aromatic rings. The fraction of sp³-hybridized carbons (Fsp3) is 0.846. The highest BCUT2D eigenvalue weighted by Gasteiger charge is 2.36. The van der Waals surface area contributed by atoms with Crippen LogP contribution in [-0.2, 0) is 4.74 Å². The van der Waals surface area contributed by atoms with Gasteiger partial charge in [0.2, 0.25) is 0 Å². The fourth-order valence-electron chi connectivity index (χ4n) is 2.98. The third kappa shape index (κ3) is 2.20. The Kier molecular flexibility index (Phi) is 3.27. The van der Waals surface area contributed by atoms with Crippen LogP contribution in [0, 0.1) is 5.92 Å². The van der Waals surface area contributed by atoms with E-state index >= 15 is 0 Å². The van der Waals surface area contributed by atoms with Crippen molar-refractivity contribution in [1.29, 1.82) is 0 Å². The van der Waals surface area contributed by atoms with Gasteiger partial charge < -0.3 is 4.74 Å². The van der Waals surface area contributed by atoms with Crippen LogP contribution >= 0.6 is 0 Å². The molecule has 1 spiro atoms. The van der Waals surface area contributed by atoms with E-state index in [2.05, 4.69) is 19.1 Å². The molecule has 0 radical (unpaired) electrons. The largest absolute Gasteiger partial charge is 0.371 e. The smallest absolute Gasteiger partial charge is 0.0692 e. The van der Waals surface area contributed by atoms with Crippen molar-refractivity contribution in [3.05, 3.63) is 12.2 Å². The standard InChI is InChI=1S/C13H22O/c1-2-12-7-6-9-13(11-12)8-4-3-5-10-14-13/h3,5,12H,2,4,6-11H2,1H3/t12-,13-/m1/s1. The summed E-state index contributed by atoms with van der Waals surface area (Å²) in [5.41, 5.74) is 0.252. The van der Waals surface area contributed by atoms with Crippen LogP contribution in [-0.4, -0.2) is 12.2 Å². The maximum Gasteiger partial charge on any atom is 0.0692 e. The average molecular weight is 194 g/mol. The first-order chi connectivity index (χ1) is 6.85. The second kappa shape index (κ2) is 4.48. The van der Waals surface area contributed by atoms with Crippen LogP contribution in [0.1, 0.15) is 51.9 Å². The summed E-state index contributed by atoms with van der Waals surface area (Å²) < 4.78 is 6.08. The molecule has 2 rings (SSSR count). The Morgan fingerprint density at radius 1 is 1.36 bits per heavy atom. The quantitative estimate of drug-likeness (QED) is 0.578. The summed E-state index contributed by atoms with van der Waals surface area (Å²) in [6, 6.07) is 0. The zero-order valence-corrected chi connectivity index (χ0v) is 9.30. The Labute approximate surface area is 87.5 Å². The van der Waals surface area contributed by atoms with Crippen molar-refractivity contribution in [2.24, 2.45) is 5.92 Å². The minimum absolute atomic E-state index is 0.252. The van der Waals surface area contributed by atoms with E-state index in [4.69, 9.17) is 4.74 Å². The Morgan fingerprint density at radius 2 is 2.29 bits per heavy atom. The van der Waals surface area contributed by atoms with E-state index in [1.54, 1.807) is 0 Å². The summed E-state index contributed by atoms with van der Waals surface area (Å²) in [5, 5.41) is 0. The van der Waals surface area contributed by atoms with Gasteiger partial charge in [-0.1, -0.05) is 38.3 Å². The van der Waals surface area contributed by atoms with Crippen LogP contribution in [0.4, 0.5) is 0 Å². The lowest BCUT2D eigenvalue weighted by Gasteiger charge is -2.40. The molecule has 2 atom stereocenters. The van der Waals surface area contributed by atoms with Crippen LogP contribution in [0.3, 0.4) is 0 Å². The van der Waals surface area contributed by atoms with Gasteiger partial charge in [0.25, 0.3) is 0 Å². The van der Waals surface area contributed by atoms with E-state index in [-0.39, 0.29) is 5.60 Å². The second-order valence-electron chi connectivity index (χ2n) is 4.87. The number of hydrogen-bond acceptors (Lipinski definition) is 1. The predicted octanol–water partition coefficient (Wildman–Crippen LogP) is 3.69. The normalized spacial score (nSPS) is 38.5. The lowest BCUT2D eigenvalue weighted by Crippen LogP contribution is -2.37. The molecule has 80 valence electrons. The first-order valence-corrected chi connectivity index (χ1v) is 6.14. The molecule has 0 unspecified atom stereocenters. The van der Waals surface area contributed by atoms with Crippen LogP contribution in [0.15, 0.2) is 12.2 Å². The first kappa shape index (κ1) is 10.2. The van der Waals surface area contributed by atoms with Gasteiger partial charge in [0.15, 0.2) is 0 Å². The number of rotatable bonds is 1. The van der Waals surface area contributed by atoms with Gasteiger partial charge in [0.05, 0.1) is 12.2 Å². The van der Waals surface area contributed by atoms with Crippen molar-refractivity contribution in [3.8, 4) is 0 Å². The van der Waals surface area contributed by atoms with Gasteiger partial charge in [-0.25, -0.2) is 0 Å². The summed E-state index contributed by atoms with van der Waals surface area (Å²) in [7, 11) is 0. The first-order valence-electron chi connectivity index (χ1n) is 6.14.